The number of rotatable bonds is 8. The Labute approximate surface area is 167 Å². The number of amides is 1. The van der Waals surface area contributed by atoms with Crippen LogP contribution in [0.25, 0.3) is 0 Å². The van der Waals surface area contributed by atoms with Crippen LogP contribution < -0.4 is 10.6 Å². The lowest BCUT2D eigenvalue weighted by atomic mass is 9.99. The molecule has 0 bridgehead atoms. The van der Waals surface area contributed by atoms with Gasteiger partial charge in [-0.25, -0.2) is 0 Å². The number of hydrogen-bond donors (Lipinski definition) is 2. The number of anilines is 1. The molecule has 1 amide bonds. The molecule has 3 rings (SSSR count). The van der Waals surface area contributed by atoms with Gasteiger partial charge in [-0.3, -0.25) is 10.1 Å². The smallest absolute Gasteiger partial charge is 0.288 e. The van der Waals surface area contributed by atoms with Gasteiger partial charge in [0.2, 0.25) is 5.91 Å². The van der Waals surface area contributed by atoms with Crippen molar-refractivity contribution in [3.63, 3.8) is 0 Å². The molecule has 0 aliphatic rings. The number of hydrogen-bond acceptors (Lipinski definition) is 3. The van der Waals surface area contributed by atoms with E-state index in [1.807, 2.05) is 60.7 Å². The Morgan fingerprint density at radius 3 is 1.93 bits per heavy atom. The minimum Gasteiger partial charge on any atom is -0.324 e. The molecule has 0 atom stereocenters. The summed E-state index contributed by atoms with van der Waals surface area (Å²) in [6.45, 7) is 0.0438. The summed E-state index contributed by atoms with van der Waals surface area (Å²) < 4.78 is 25.4. The van der Waals surface area contributed by atoms with Crippen molar-refractivity contribution in [3.05, 3.63) is 96.1 Å². The Bertz CT molecular complexity index is 852. The van der Waals surface area contributed by atoms with Crippen molar-refractivity contribution >= 4 is 23.4 Å². The zero-order valence-electron chi connectivity index (χ0n) is 15.0. The molecular weight excluding hydrogens is 378 g/mol. The first-order valence-electron chi connectivity index (χ1n) is 8.80. The first-order valence-corrected chi connectivity index (χ1v) is 9.68. The largest absolute Gasteiger partial charge is 0.324 e. The van der Waals surface area contributed by atoms with Gasteiger partial charge in [-0.1, -0.05) is 84.6 Å². The molecule has 6 heteroatoms. The van der Waals surface area contributed by atoms with Crippen molar-refractivity contribution in [3.8, 4) is 0 Å². The van der Waals surface area contributed by atoms with Crippen molar-refractivity contribution in [2.45, 2.75) is 16.7 Å². The molecule has 3 nitrogen and oxygen atoms in total. The summed E-state index contributed by atoms with van der Waals surface area (Å²) in [6, 6.07) is 26.1. The van der Waals surface area contributed by atoms with Gasteiger partial charge in [0.05, 0.1) is 18.3 Å². The van der Waals surface area contributed by atoms with Gasteiger partial charge in [0.15, 0.2) is 0 Å². The second-order valence-electron chi connectivity index (χ2n) is 6.06. The molecule has 0 radical (unpaired) electrons. The summed E-state index contributed by atoms with van der Waals surface area (Å²) in [7, 11) is 0. The molecule has 144 valence electrons. The summed E-state index contributed by atoms with van der Waals surface area (Å²) in [5.41, 5.74) is 2.46. The quantitative estimate of drug-likeness (QED) is 0.505. The lowest BCUT2D eigenvalue weighted by molar-refractivity contribution is -0.115. The van der Waals surface area contributed by atoms with Crippen LogP contribution in [-0.4, -0.2) is 18.2 Å². The second kappa shape index (κ2) is 10.0. The van der Waals surface area contributed by atoms with Crippen LogP contribution in [0.3, 0.4) is 0 Å². The van der Waals surface area contributed by atoms with E-state index in [0.29, 0.717) is 22.3 Å². The van der Waals surface area contributed by atoms with Gasteiger partial charge in [-0.15, -0.1) is 0 Å². The van der Waals surface area contributed by atoms with Crippen LogP contribution in [0.5, 0.6) is 0 Å². The fourth-order valence-corrected chi connectivity index (χ4v) is 3.47. The Kier molecular flexibility index (Phi) is 7.17. The van der Waals surface area contributed by atoms with Gasteiger partial charge in [0, 0.05) is 4.90 Å². The zero-order chi connectivity index (χ0) is 19.8. The Morgan fingerprint density at radius 1 is 0.821 bits per heavy atom. The van der Waals surface area contributed by atoms with Crippen LogP contribution in [0.2, 0.25) is 0 Å². The summed E-state index contributed by atoms with van der Waals surface area (Å²) in [6.07, 6.45) is 0. The van der Waals surface area contributed by atoms with Gasteiger partial charge in [0.1, 0.15) is 0 Å². The average Bonchev–Trinajstić information content (AvgIpc) is 2.71. The van der Waals surface area contributed by atoms with E-state index in [0.717, 1.165) is 11.1 Å². The number of alkyl halides is 2. The zero-order valence-corrected chi connectivity index (χ0v) is 15.8. The third-order valence-corrected chi connectivity index (χ3v) is 4.90. The molecule has 0 saturated heterocycles. The van der Waals surface area contributed by atoms with Gasteiger partial charge < -0.3 is 5.32 Å². The molecule has 0 fully saturated rings. The normalized spacial score (nSPS) is 11.0. The minimum absolute atomic E-state index is 0.0438. The average molecular weight is 398 g/mol. The highest BCUT2D eigenvalue weighted by Crippen LogP contribution is 2.31. The van der Waals surface area contributed by atoms with Gasteiger partial charge in [-0.05, 0) is 23.3 Å². The third kappa shape index (κ3) is 5.65. The summed E-state index contributed by atoms with van der Waals surface area (Å²) in [5.74, 6) is -2.84. The molecule has 3 aromatic rings. The Hall–Kier alpha value is -2.70. The van der Waals surface area contributed by atoms with Crippen molar-refractivity contribution in [1.82, 2.24) is 5.32 Å². The molecule has 0 unspecified atom stereocenters. The fourth-order valence-electron chi connectivity index (χ4n) is 2.88. The van der Waals surface area contributed by atoms with Crippen LogP contribution >= 0.6 is 11.8 Å². The van der Waals surface area contributed by atoms with E-state index >= 15 is 0 Å². The molecule has 28 heavy (non-hydrogen) atoms. The summed E-state index contributed by atoms with van der Waals surface area (Å²) in [4.78, 5) is 12.8. The van der Waals surface area contributed by atoms with E-state index in [1.54, 1.807) is 24.3 Å². The molecular formula is C22H20F2N2OS. The molecule has 0 aliphatic heterocycles. The number of carbonyl (C=O) groups is 1. The number of halogens is 2. The third-order valence-electron chi connectivity index (χ3n) is 4.11. The first-order chi connectivity index (χ1) is 13.6. The maximum atomic E-state index is 12.7. The fraction of sp³-hybridized carbons (Fsp3) is 0.136. The lowest BCUT2D eigenvalue weighted by Gasteiger charge is -2.20. The Morgan fingerprint density at radius 2 is 1.36 bits per heavy atom. The van der Waals surface area contributed by atoms with E-state index in [-0.39, 0.29) is 18.5 Å². The van der Waals surface area contributed by atoms with E-state index in [4.69, 9.17) is 0 Å². The molecule has 0 heterocycles. The number of nitrogens with one attached hydrogen (secondary N) is 2. The standard InChI is InChI=1S/C22H20F2N2OS/c23-22(24)28-19-14-8-7-13-18(19)26-20(27)15-25-21(16-9-3-1-4-10-16)17-11-5-2-6-12-17/h1-14,21-22,25H,15H2,(H,26,27). The van der Waals surface area contributed by atoms with E-state index in [2.05, 4.69) is 10.6 Å². The van der Waals surface area contributed by atoms with Crippen LogP contribution in [0.1, 0.15) is 17.2 Å². The van der Waals surface area contributed by atoms with Crippen LogP contribution in [0, 0.1) is 0 Å². The van der Waals surface area contributed by atoms with Crippen LogP contribution in [0.15, 0.2) is 89.8 Å². The molecule has 0 saturated carbocycles. The Balaban J connectivity index is 1.70. The van der Waals surface area contributed by atoms with E-state index < -0.39 is 5.76 Å². The van der Waals surface area contributed by atoms with Crippen molar-refractivity contribution in [2.24, 2.45) is 0 Å². The summed E-state index contributed by atoms with van der Waals surface area (Å²) >= 11 is 0.417. The maximum absolute atomic E-state index is 12.7. The number of carbonyl (C=O) groups excluding carboxylic acids is 1. The molecule has 0 aromatic heterocycles. The van der Waals surface area contributed by atoms with Crippen molar-refractivity contribution in [1.29, 1.82) is 0 Å². The van der Waals surface area contributed by atoms with Crippen LogP contribution in [-0.2, 0) is 4.79 Å². The van der Waals surface area contributed by atoms with Crippen molar-refractivity contribution < 1.29 is 13.6 Å². The molecule has 3 aromatic carbocycles. The predicted octanol–water partition coefficient (Wildman–Crippen LogP) is 5.32. The maximum Gasteiger partial charge on any atom is 0.288 e. The van der Waals surface area contributed by atoms with Gasteiger partial charge in [0.25, 0.3) is 5.76 Å². The van der Waals surface area contributed by atoms with Crippen molar-refractivity contribution in [2.75, 3.05) is 11.9 Å². The van der Waals surface area contributed by atoms with Gasteiger partial charge in [-0.2, -0.15) is 8.78 Å². The lowest BCUT2D eigenvalue weighted by Crippen LogP contribution is -2.32. The van der Waals surface area contributed by atoms with Gasteiger partial charge >= 0.3 is 0 Å². The van der Waals surface area contributed by atoms with Crippen LogP contribution in [0.4, 0.5) is 14.5 Å². The number of para-hydroxylation sites is 1. The minimum atomic E-state index is -2.54. The van der Waals surface area contributed by atoms with E-state index in [1.165, 1.54) is 0 Å². The first kappa shape index (κ1) is 20.0. The second-order valence-corrected chi connectivity index (χ2v) is 7.09. The molecule has 0 spiro atoms. The SMILES string of the molecule is O=C(CNC(c1ccccc1)c1ccccc1)Nc1ccccc1SC(F)F. The predicted molar refractivity (Wildman–Crippen MR) is 110 cm³/mol. The monoisotopic (exact) mass is 398 g/mol. The molecule has 2 N–H and O–H groups in total. The van der Waals surface area contributed by atoms with E-state index in [9.17, 15) is 13.6 Å². The highest BCUT2D eigenvalue weighted by molar-refractivity contribution is 7.99. The topological polar surface area (TPSA) is 41.1 Å². The highest BCUT2D eigenvalue weighted by Gasteiger charge is 2.16. The number of benzene rings is 3. The number of thioether (sulfide) groups is 1. The molecule has 0 aliphatic carbocycles. The summed E-state index contributed by atoms with van der Waals surface area (Å²) in [5, 5.41) is 5.98. The highest BCUT2D eigenvalue weighted by atomic mass is 32.2.